The first-order chi connectivity index (χ1) is 10.1. The van der Waals surface area contributed by atoms with Crippen LogP contribution in [0.1, 0.15) is 26.7 Å². The smallest absolute Gasteiger partial charge is 0.240 e. The summed E-state index contributed by atoms with van der Waals surface area (Å²) in [6.45, 7) is 6.68. The first-order valence-corrected chi connectivity index (χ1v) is 8.74. The van der Waals surface area contributed by atoms with E-state index in [2.05, 4.69) is 4.90 Å². The van der Waals surface area contributed by atoms with Crippen LogP contribution in [0.3, 0.4) is 0 Å². The van der Waals surface area contributed by atoms with Gasteiger partial charge < -0.3 is 9.80 Å². The quantitative estimate of drug-likeness (QED) is 0.791. The minimum Gasteiger partial charge on any atom is -0.358 e. The van der Waals surface area contributed by atoms with Crippen molar-refractivity contribution < 1.29 is 4.79 Å². The Bertz CT molecular complexity index is 486. The van der Waals surface area contributed by atoms with E-state index in [0.717, 1.165) is 23.1 Å². The van der Waals surface area contributed by atoms with E-state index in [-0.39, 0.29) is 11.2 Å². The number of rotatable bonds is 4. The zero-order valence-electron chi connectivity index (χ0n) is 12.6. The summed E-state index contributed by atoms with van der Waals surface area (Å²) < 4.78 is 0.859. The molecule has 1 atom stereocenters. The Morgan fingerprint density at radius 1 is 1.33 bits per heavy atom. The highest BCUT2D eigenvalue weighted by Gasteiger charge is 2.25. The molecule has 21 heavy (non-hydrogen) atoms. The van der Waals surface area contributed by atoms with Crippen molar-refractivity contribution in [1.29, 1.82) is 0 Å². The second kappa shape index (κ2) is 7.80. The van der Waals surface area contributed by atoms with Crippen LogP contribution in [-0.4, -0.2) is 40.0 Å². The molecule has 0 aromatic heterocycles. The summed E-state index contributed by atoms with van der Waals surface area (Å²) >= 11 is 6.98. The molecule has 1 amide bonds. The van der Waals surface area contributed by atoms with Gasteiger partial charge in [0.05, 0.1) is 5.25 Å². The first-order valence-electron chi connectivity index (χ1n) is 7.45. The van der Waals surface area contributed by atoms with Gasteiger partial charge in [-0.1, -0.05) is 42.2 Å². The summed E-state index contributed by atoms with van der Waals surface area (Å²) in [5, 5.41) is -0.154. The van der Waals surface area contributed by atoms with Gasteiger partial charge in [0.25, 0.3) is 0 Å². The molecule has 1 heterocycles. The maximum atomic E-state index is 12.7. The average molecular weight is 322 g/mol. The van der Waals surface area contributed by atoms with E-state index in [1.807, 2.05) is 49.1 Å². The van der Waals surface area contributed by atoms with E-state index in [9.17, 15) is 4.79 Å². The summed E-state index contributed by atoms with van der Waals surface area (Å²) in [5.41, 5.74) is 0.949. The number of hydrogen-bond donors (Lipinski definition) is 0. The van der Waals surface area contributed by atoms with Crippen LogP contribution < -0.4 is 4.90 Å². The van der Waals surface area contributed by atoms with Gasteiger partial charge in [0.15, 0.2) is 0 Å². The highest BCUT2D eigenvalue weighted by Crippen LogP contribution is 2.23. The molecule has 1 saturated heterocycles. The third kappa shape index (κ3) is 4.20. The van der Waals surface area contributed by atoms with Crippen molar-refractivity contribution in [3.05, 3.63) is 30.3 Å². The number of anilines is 1. The molecule has 0 spiro atoms. The Morgan fingerprint density at radius 2 is 1.95 bits per heavy atom. The van der Waals surface area contributed by atoms with E-state index < -0.39 is 0 Å². The van der Waals surface area contributed by atoms with Crippen LogP contribution in [0.15, 0.2) is 30.3 Å². The Kier molecular flexibility index (Phi) is 6.06. The average Bonchev–Trinajstić information content (AvgIpc) is 3.03. The van der Waals surface area contributed by atoms with Crippen LogP contribution in [0.25, 0.3) is 0 Å². The van der Waals surface area contributed by atoms with Crippen molar-refractivity contribution in [2.45, 2.75) is 31.9 Å². The van der Waals surface area contributed by atoms with Gasteiger partial charge in [-0.3, -0.25) is 4.79 Å². The lowest BCUT2D eigenvalue weighted by Crippen LogP contribution is -2.38. The fourth-order valence-electron chi connectivity index (χ4n) is 2.47. The number of likely N-dealkylation sites (tertiary alicyclic amines) is 1. The van der Waals surface area contributed by atoms with E-state index in [1.54, 1.807) is 0 Å². The Hall–Kier alpha value is -1.07. The summed E-state index contributed by atoms with van der Waals surface area (Å²) in [7, 11) is 0. The molecule has 1 unspecified atom stereocenters. The number of benzene rings is 1. The van der Waals surface area contributed by atoms with E-state index in [4.69, 9.17) is 12.2 Å². The van der Waals surface area contributed by atoms with E-state index in [0.29, 0.717) is 6.54 Å². The molecular weight excluding hydrogens is 300 g/mol. The van der Waals surface area contributed by atoms with Crippen molar-refractivity contribution in [2.75, 3.05) is 24.5 Å². The molecule has 0 aliphatic carbocycles. The maximum absolute atomic E-state index is 12.7. The van der Waals surface area contributed by atoms with Crippen molar-refractivity contribution in [2.24, 2.45) is 0 Å². The molecule has 5 heteroatoms. The van der Waals surface area contributed by atoms with Crippen molar-refractivity contribution in [1.82, 2.24) is 4.90 Å². The van der Waals surface area contributed by atoms with Crippen LogP contribution in [0.4, 0.5) is 5.69 Å². The molecule has 2 rings (SSSR count). The largest absolute Gasteiger partial charge is 0.358 e. The molecule has 0 radical (unpaired) electrons. The van der Waals surface area contributed by atoms with Crippen LogP contribution >= 0.6 is 24.0 Å². The van der Waals surface area contributed by atoms with Crippen LogP contribution in [0.2, 0.25) is 0 Å². The number of amides is 1. The summed E-state index contributed by atoms with van der Waals surface area (Å²) in [6.07, 6.45) is 2.41. The van der Waals surface area contributed by atoms with Crippen molar-refractivity contribution in [3.8, 4) is 0 Å². The van der Waals surface area contributed by atoms with Gasteiger partial charge in [0.2, 0.25) is 5.91 Å². The third-order valence-electron chi connectivity index (χ3n) is 3.64. The van der Waals surface area contributed by atoms with Gasteiger partial charge in [-0.2, -0.15) is 0 Å². The number of hydrogen-bond acceptors (Lipinski definition) is 3. The lowest BCUT2D eigenvalue weighted by molar-refractivity contribution is -0.117. The number of thiocarbonyl (C=S) groups is 1. The summed E-state index contributed by atoms with van der Waals surface area (Å²) in [5.74, 6) is 0.121. The molecule has 1 aliphatic heterocycles. The standard InChI is InChI=1S/C16H22N2OS2/c1-3-18(14-9-5-4-6-10-14)15(19)13(2)21-16(20)17-11-7-8-12-17/h4-6,9-10,13H,3,7-8,11-12H2,1-2H3. The minimum atomic E-state index is -0.154. The van der Waals surface area contributed by atoms with Crippen LogP contribution in [-0.2, 0) is 4.79 Å². The number of carbonyl (C=O) groups is 1. The van der Waals surface area contributed by atoms with Gasteiger partial charge in [-0.05, 0) is 38.8 Å². The molecule has 114 valence electrons. The molecule has 0 saturated carbocycles. The molecule has 1 aromatic rings. The number of para-hydroxylation sites is 1. The molecule has 0 bridgehead atoms. The zero-order chi connectivity index (χ0) is 15.2. The normalized spacial score (nSPS) is 15.8. The number of nitrogens with zero attached hydrogens (tertiary/aromatic N) is 2. The molecule has 1 aliphatic rings. The summed E-state index contributed by atoms with van der Waals surface area (Å²) in [6, 6.07) is 9.81. The lowest BCUT2D eigenvalue weighted by atomic mass is 10.2. The highest BCUT2D eigenvalue weighted by molar-refractivity contribution is 8.23. The molecule has 3 nitrogen and oxygen atoms in total. The topological polar surface area (TPSA) is 23.6 Å². The number of thioether (sulfide) groups is 1. The SMILES string of the molecule is CCN(C(=O)C(C)SC(=S)N1CCCC1)c1ccccc1. The summed E-state index contributed by atoms with van der Waals surface area (Å²) in [4.78, 5) is 16.7. The lowest BCUT2D eigenvalue weighted by Gasteiger charge is -2.26. The zero-order valence-corrected chi connectivity index (χ0v) is 14.3. The van der Waals surface area contributed by atoms with E-state index >= 15 is 0 Å². The van der Waals surface area contributed by atoms with Gasteiger partial charge in [-0.25, -0.2) is 0 Å². The molecule has 1 fully saturated rings. The predicted octanol–water partition coefficient (Wildman–Crippen LogP) is 3.54. The fourth-order valence-corrected chi connectivity index (χ4v) is 3.95. The van der Waals surface area contributed by atoms with Gasteiger partial charge >= 0.3 is 0 Å². The Balaban J connectivity index is 1.98. The highest BCUT2D eigenvalue weighted by atomic mass is 32.2. The fraction of sp³-hybridized carbons (Fsp3) is 0.500. The van der Waals surface area contributed by atoms with Gasteiger partial charge in [0, 0.05) is 25.3 Å². The third-order valence-corrected chi connectivity index (χ3v) is 5.20. The predicted molar refractivity (Wildman–Crippen MR) is 94.9 cm³/mol. The van der Waals surface area contributed by atoms with Gasteiger partial charge in [0.1, 0.15) is 4.32 Å². The second-order valence-electron chi connectivity index (χ2n) is 5.14. The monoisotopic (exact) mass is 322 g/mol. The Labute approximate surface area is 136 Å². The van der Waals surface area contributed by atoms with Crippen LogP contribution in [0.5, 0.6) is 0 Å². The first kappa shape index (κ1) is 16.3. The van der Waals surface area contributed by atoms with Crippen molar-refractivity contribution in [3.63, 3.8) is 0 Å². The Morgan fingerprint density at radius 3 is 2.52 bits per heavy atom. The number of carbonyl (C=O) groups excluding carboxylic acids is 1. The molecular formula is C16H22N2OS2. The molecule has 0 N–H and O–H groups in total. The van der Waals surface area contributed by atoms with Crippen LogP contribution in [0, 0.1) is 0 Å². The minimum absolute atomic E-state index is 0.121. The van der Waals surface area contributed by atoms with Gasteiger partial charge in [-0.15, -0.1) is 0 Å². The van der Waals surface area contributed by atoms with Crippen molar-refractivity contribution >= 4 is 39.9 Å². The maximum Gasteiger partial charge on any atom is 0.240 e. The molecule has 1 aromatic carbocycles. The van der Waals surface area contributed by atoms with E-state index in [1.165, 1.54) is 24.6 Å². The second-order valence-corrected chi connectivity index (χ2v) is 7.11.